The number of rotatable bonds is 6. The lowest BCUT2D eigenvalue weighted by atomic mass is 9.78. The first-order valence-corrected chi connectivity index (χ1v) is 11.1. The number of nitrogens with zero attached hydrogens (tertiary/aromatic N) is 1. The van der Waals surface area contributed by atoms with Crippen LogP contribution in [-0.4, -0.2) is 29.2 Å². The van der Waals surface area contributed by atoms with Crippen LogP contribution in [0.25, 0.3) is 0 Å². The number of halogens is 6. The minimum atomic E-state index is -4.82. The molecule has 0 spiro atoms. The number of hydrogen-bond acceptors (Lipinski definition) is 3. The number of carbonyl (C=O) groups is 1. The van der Waals surface area contributed by atoms with Crippen LogP contribution in [0.4, 0.5) is 13.2 Å². The van der Waals surface area contributed by atoms with E-state index in [4.69, 9.17) is 39.6 Å². The van der Waals surface area contributed by atoms with Crippen molar-refractivity contribution >= 4 is 46.4 Å². The Morgan fingerprint density at radius 2 is 1.91 bits per heavy atom. The molecule has 3 atom stereocenters. The topological polar surface area (TPSA) is 50.7 Å². The van der Waals surface area contributed by atoms with Crippen molar-refractivity contribution in [1.82, 2.24) is 5.32 Å². The minimum Gasteiger partial charge on any atom is -0.374 e. The predicted octanol–water partition coefficient (Wildman–Crippen LogP) is 6.41. The van der Waals surface area contributed by atoms with Gasteiger partial charge in [0.1, 0.15) is 4.87 Å². The number of allylic oxidation sites excluding steroid dienone is 3. The summed E-state index contributed by atoms with van der Waals surface area (Å²) in [4.78, 5) is 15.8. The third-order valence-electron chi connectivity index (χ3n) is 5.40. The zero-order valence-corrected chi connectivity index (χ0v) is 19.6. The summed E-state index contributed by atoms with van der Waals surface area (Å²) >= 11 is 18.7. The molecule has 1 aromatic carbocycles. The van der Waals surface area contributed by atoms with Gasteiger partial charge in [0, 0.05) is 40.9 Å². The summed E-state index contributed by atoms with van der Waals surface area (Å²) < 4.78 is 42.9. The van der Waals surface area contributed by atoms with E-state index in [2.05, 4.69) is 10.5 Å². The van der Waals surface area contributed by atoms with Gasteiger partial charge in [0.2, 0.25) is 5.91 Å². The van der Waals surface area contributed by atoms with E-state index in [1.165, 1.54) is 6.07 Å². The second-order valence-corrected chi connectivity index (χ2v) is 9.81. The molecule has 0 fully saturated rings. The SMILES string of the molecule is CC(C)CC(=O)NCC1C=CC=CC1(Cl)C1=NOC(c2cc(Cl)cc(Cl)c2)(C(F)(F)F)C1. The van der Waals surface area contributed by atoms with Crippen LogP contribution in [0.1, 0.15) is 32.3 Å². The molecule has 1 aromatic rings. The third-order valence-corrected chi connectivity index (χ3v) is 6.46. The summed E-state index contributed by atoms with van der Waals surface area (Å²) in [5.74, 6) is -0.522. The van der Waals surface area contributed by atoms with Crippen LogP contribution in [0, 0.1) is 11.8 Å². The molecular weight excluding hydrogens is 488 g/mol. The fraction of sp³-hybridized carbons (Fsp3) is 0.455. The lowest BCUT2D eigenvalue weighted by molar-refractivity contribution is -0.275. The quantitative estimate of drug-likeness (QED) is 0.451. The fourth-order valence-electron chi connectivity index (χ4n) is 3.75. The van der Waals surface area contributed by atoms with Crippen LogP contribution in [0.2, 0.25) is 10.0 Å². The largest absolute Gasteiger partial charge is 0.435 e. The van der Waals surface area contributed by atoms with Crippen molar-refractivity contribution in [1.29, 1.82) is 0 Å². The fourth-order valence-corrected chi connectivity index (χ4v) is 4.60. The van der Waals surface area contributed by atoms with E-state index in [0.29, 0.717) is 6.42 Å². The number of alkyl halides is 4. The molecule has 1 amide bonds. The van der Waals surface area contributed by atoms with E-state index in [1.807, 2.05) is 13.8 Å². The van der Waals surface area contributed by atoms with Gasteiger partial charge in [-0.3, -0.25) is 4.79 Å². The van der Waals surface area contributed by atoms with Gasteiger partial charge in [-0.25, -0.2) is 0 Å². The maximum atomic E-state index is 14.3. The molecule has 1 N–H and O–H groups in total. The Morgan fingerprint density at radius 1 is 1.25 bits per heavy atom. The zero-order chi connectivity index (χ0) is 23.7. The molecule has 1 aliphatic carbocycles. The average molecular weight is 510 g/mol. The monoisotopic (exact) mass is 508 g/mol. The van der Waals surface area contributed by atoms with Crippen LogP contribution in [-0.2, 0) is 15.2 Å². The van der Waals surface area contributed by atoms with E-state index in [-0.39, 0.29) is 39.7 Å². The number of amides is 1. The van der Waals surface area contributed by atoms with Crippen molar-refractivity contribution < 1.29 is 22.8 Å². The standard InChI is InChI=1S/C22H22Cl3F3N2O2/c1-13(2)7-19(31)29-12-14-5-3-4-6-20(14,25)18-11-21(32-30-18,22(26,27)28)15-8-16(23)10-17(24)9-15/h3-6,8-10,13-14H,7,11-12H2,1-2H3,(H,29,31). The Hall–Kier alpha value is -1.70. The van der Waals surface area contributed by atoms with Gasteiger partial charge in [0.05, 0.1) is 5.71 Å². The normalized spacial score (nSPS) is 27.4. The highest BCUT2D eigenvalue weighted by atomic mass is 35.5. The molecule has 0 radical (unpaired) electrons. The number of nitrogens with one attached hydrogen (secondary N) is 1. The van der Waals surface area contributed by atoms with Crippen LogP contribution < -0.4 is 5.32 Å². The van der Waals surface area contributed by atoms with Gasteiger partial charge in [0.25, 0.3) is 5.60 Å². The van der Waals surface area contributed by atoms with Gasteiger partial charge in [-0.2, -0.15) is 13.2 Å². The summed E-state index contributed by atoms with van der Waals surface area (Å²) in [6, 6.07) is 3.64. The Morgan fingerprint density at radius 3 is 2.50 bits per heavy atom. The Balaban J connectivity index is 1.89. The summed E-state index contributed by atoms with van der Waals surface area (Å²) in [7, 11) is 0. The van der Waals surface area contributed by atoms with Gasteiger partial charge in [-0.1, -0.05) is 66.5 Å². The van der Waals surface area contributed by atoms with Crippen LogP contribution in [0.5, 0.6) is 0 Å². The molecule has 2 aliphatic rings. The molecule has 1 heterocycles. The number of benzene rings is 1. The second-order valence-electron chi connectivity index (χ2n) is 8.31. The maximum Gasteiger partial charge on any atom is 0.435 e. The zero-order valence-electron chi connectivity index (χ0n) is 17.3. The molecule has 1 aliphatic heterocycles. The molecule has 0 saturated carbocycles. The van der Waals surface area contributed by atoms with Crippen molar-refractivity contribution in [3.63, 3.8) is 0 Å². The summed E-state index contributed by atoms with van der Waals surface area (Å²) in [6.45, 7) is 3.97. The lowest BCUT2D eigenvalue weighted by Gasteiger charge is -2.34. The van der Waals surface area contributed by atoms with Crippen LogP contribution >= 0.6 is 34.8 Å². The maximum absolute atomic E-state index is 14.3. The van der Waals surface area contributed by atoms with E-state index in [0.717, 1.165) is 12.1 Å². The molecule has 0 saturated heterocycles. The van der Waals surface area contributed by atoms with E-state index in [1.54, 1.807) is 24.3 Å². The number of oxime groups is 1. The first kappa shape index (κ1) is 24.9. The molecule has 32 heavy (non-hydrogen) atoms. The first-order valence-electron chi connectivity index (χ1n) is 9.98. The van der Waals surface area contributed by atoms with Crippen molar-refractivity contribution in [3.05, 3.63) is 58.1 Å². The Kier molecular flexibility index (Phi) is 7.23. The molecule has 3 unspecified atom stereocenters. The molecule has 174 valence electrons. The number of carbonyl (C=O) groups excluding carboxylic acids is 1. The van der Waals surface area contributed by atoms with E-state index >= 15 is 0 Å². The molecule has 4 nitrogen and oxygen atoms in total. The minimum absolute atomic E-state index is 0.00343. The van der Waals surface area contributed by atoms with Gasteiger partial charge in [-0.05, 0) is 24.1 Å². The summed E-state index contributed by atoms with van der Waals surface area (Å²) in [5, 5.41) is 6.68. The third kappa shape index (κ3) is 4.95. The highest BCUT2D eigenvalue weighted by molar-refractivity contribution is 6.38. The van der Waals surface area contributed by atoms with Gasteiger partial charge >= 0.3 is 6.18 Å². The average Bonchev–Trinajstić information content (AvgIpc) is 3.14. The molecular formula is C22H22Cl3F3N2O2. The highest BCUT2D eigenvalue weighted by Gasteiger charge is 2.64. The first-order chi connectivity index (χ1) is 14.9. The van der Waals surface area contributed by atoms with Crippen molar-refractivity contribution in [2.45, 2.75) is 43.3 Å². The molecule has 10 heteroatoms. The summed E-state index contributed by atoms with van der Waals surface area (Å²) in [5.41, 5.74) is -3.05. The molecule has 0 aromatic heterocycles. The van der Waals surface area contributed by atoms with Gasteiger partial charge in [-0.15, -0.1) is 11.6 Å². The smallest absolute Gasteiger partial charge is 0.374 e. The van der Waals surface area contributed by atoms with Crippen molar-refractivity contribution in [2.24, 2.45) is 17.0 Å². The molecule has 0 bridgehead atoms. The molecule has 3 rings (SSSR count). The van der Waals surface area contributed by atoms with Crippen LogP contribution in [0.15, 0.2) is 47.7 Å². The highest BCUT2D eigenvalue weighted by Crippen LogP contribution is 2.52. The predicted molar refractivity (Wildman–Crippen MR) is 120 cm³/mol. The van der Waals surface area contributed by atoms with Gasteiger partial charge in [0.15, 0.2) is 0 Å². The number of hydrogen-bond donors (Lipinski definition) is 1. The Labute approximate surface area is 199 Å². The van der Waals surface area contributed by atoms with E-state index < -0.39 is 29.0 Å². The van der Waals surface area contributed by atoms with Crippen LogP contribution in [0.3, 0.4) is 0 Å². The lowest BCUT2D eigenvalue weighted by Crippen LogP contribution is -2.48. The Bertz CT molecular complexity index is 957. The van der Waals surface area contributed by atoms with E-state index in [9.17, 15) is 18.0 Å². The van der Waals surface area contributed by atoms with Crippen molar-refractivity contribution in [2.75, 3.05) is 6.54 Å². The van der Waals surface area contributed by atoms with Gasteiger partial charge < -0.3 is 10.2 Å². The summed E-state index contributed by atoms with van der Waals surface area (Å²) in [6.07, 6.45) is 1.51. The van der Waals surface area contributed by atoms with Crippen molar-refractivity contribution in [3.8, 4) is 0 Å². The second kappa shape index (κ2) is 9.27.